The van der Waals surface area contributed by atoms with Gasteiger partial charge in [-0.3, -0.25) is 9.59 Å². The lowest BCUT2D eigenvalue weighted by atomic mass is 10.0. The van der Waals surface area contributed by atoms with Gasteiger partial charge in [-0.25, -0.2) is 4.39 Å². The second-order valence-corrected chi connectivity index (χ2v) is 5.01. The van der Waals surface area contributed by atoms with Crippen molar-refractivity contribution in [1.29, 1.82) is 0 Å². The molecule has 20 heavy (non-hydrogen) atoms. The first-order valence-corrected chi connectivity index (χ1v) is 6.66. The first-order chi connectivity index (χ1) is 9.65. The largest absolute Gasteiger partial charge is 0.478 e. The van der Waals surface area contributed by atoms with E-state index in [0.29, 0.717) is 5.75 Å². The Morgan fingerprint density at radius 3 is 2.50 bits per heavy atom. The van der Waals surface area contributed by atoms with Gasteiger partial charge in [0, 0.05) is 13.1 Å². The van der Waals surface area contributed by atoms with Crippen molar-refractivity contribution in [3.63, 3.8) is 0 Å². The molecule has 2 aliphatic heterocycles. The maximum absolute atomic E-state index is 12.8. The number of halogens is 1. The van der Waals surface area contributed by atoms with Gasteiger partial charge in [-0.2, -0.15) is 0 Å². The summed E-state index contributed by atoms with van der Waals surface area (Å²) in [6.07, 6.45) is 1.17. The second-order valence-electron chi connectivity index (χ2n) is 5.01. The van der Waals surface area contributed by atoms with E-state index in [-0.39, 0.29) is 17.6 Å². The van der Waals surface area contributed by atoms with E-state index in [0.717, 1.165) is 25.9 Å². The number of rotatable bonds is 3. The van der Waals surface area contributed by atoms with Crippen LogP contribution in [-0.2, 0) is 9.59 Å². The van der Waals surface area contributed by atoms with Crippen molar-refractivity contribution >= 4 is 11.8 Å². The summed E-state index contributed by atoms with van der Waals surface area (Å²) in [6.45, 7) is 1.46. The van der Waals surface area contributed by atoms with Crippen LogP contribution in [-0.4, -0.2) is 41.9 Å². The zero-order valence-electron chi connectivity index (χ0n) is 10.8. The molecular formula is C14H15FN2O3. The molecule has 2 heterocycles. The SMILES string of the molecule is O=C1N[C@H](C(=O)N2CCCC2)[C@@H]1Oc1ccc(F)cc1. The fraction of sp³-hybridized carbons (Fsp3) is 0.429. The van der Waals surface area contributed by atoms with Gasteiger partial charge in [0.25, 0.3) is 5.91 Å². The number of hydrogen-bond acceptors (Lipinski definition) is 3. The molecule has 3 rings (SSSR count). The van der Waals surface area contributed by atoms with Crippen molar-refractivity contribution in [2.24, 2.45) is 0 Å². The number of carbonyl (C=O) groups excluding carboxylic acids is 2. The lowest BCUT2D eigenvalue weighted by molar-refractivity contribution is -0.152. The van der Waals surface area contributed by atoms with Crippen LogP contribution in [0.3, 0.4) is 0 Å². The molecule has 0 radical (unpaired) electrons. The molecule has 1 aromatic rings. The van der Waals surface area contributed by atoms with E-state index in [9.17, 15) is 14.0 Å². The summed E-state index contributed by atoms with van der Waals surface area (Å²) in [6, 6.07) is 4.76. The summed E-state index contributed by atoms with van der Waals surface area (Å²) in [4.78, 5) is 25.5. The summed E-state index contributed by atoms with van der Waals surface area (Å²) in [7, 11) is 0. The highest BCUT2D eigenvalue weighted by molar-refractivity contribution is 6.01. The van der Waals surface area contributed by atoms with E-state index < -0.39 is 12.1 Å². The zero-order valence-corrected chi connectivity index (χ0v) is 10.8. The lowest BCUT2D eigenvalue weighted by Crippen LogP contribution is -2.70. The first kappa shape index (κ1) is 12.9. The predicted molar refractivity (Wildman–Crippen MR) is 68.6 cm³/mol. The minimum Gasteiger partial charge on any atom is -0.478 e. The van der Waals surface area contributed by atoms with E-state index in [4.69, 9.17) is 4.74 Å². The number of nitrogens with one attached hydrogen (secondary N) is 1. The molecule has 0 saturated carbocycles. The summed E-state index contributed by atoms with van der Waals surface area (Å²) >= 11 is 0. The quantitative estimate of drug-likeness (QED) is 0.828. The van der Waals surface area contributed by atoms with E-state index in [1.54, 1.807) is 4.90 Å². The summed E-state index contributed by atoms with van der Waals surface area (Å²) < 4.78 is 18.3. The number of amides is 2. The van der Waals surface area contributed by atoms with Crippen molar-refractivity contribution in [2.75, 3.05) is 13.1 Å². The Morgan fingerprint density at radius 2 is 1.90 bits per heavy atom. The molecule has 0 aliphatic carbocycles. The monoisotopic (exact) mass is 278 g/mol. The number of hydrogen-bond donors (Lipinski definition) is 1. The lowest BCUT2D eigenvalue weighted by Gasteiger charge is -2.37. The summed E-state index contributed by atoms with van der Waals surface area (Å²) in [5, 5.41) is 2.57. The number of nitrogens with zero attached hydrogens (tertiary/aromatic N) is 1. The molecule has 2 atom stereocenters. The number of carbonyl (C=O) groups is 2. The van der Waals surface area contributed by atoms with Gasteiger partial charge < -0.3 is 15.0 Å². The van der Waals surface area contributed by atoms with Gasteiger partial charge in [0.05, 0.1) is 0 Å². The van der Waals surface area contributed by atoms with E-state index in [1.165, 1.54) is 24.3 Å². The van der Waals surface area contributed by atoms with Crippen LogP contribution in [0.2, 0.25) is 0 Å². The third kappa shape index (κ3) is 2.33. The van der Waals surface area contributed by atoms with Crippen LogP contribution in [0.5, 0.6) is 5.75 Å². The highest BCUT2D eigenvalue weighted by Crippen LogP contribution is 2.21. The van der Waals surface area contributed by atoms with Gasteiger partial charge in [-0.05, 0) is 37.1 Å². The molecule has 6 heteroatoms. The summed E-state index contributed by atoms with van der Waals surface area (Å²) in [5.74, 6) is -0.411. The molecule has 1 aromatic carbocycles. The number of ether oxygens (including phenoxy) is 1. The molecule has 1 N–H and O–H groups in total. The smallest absolute Gasteiger partial charge is 0.264 e. The zero-order chi connectivity index (χ0) is 14.1. The van der Waals surface area contributed by atoms with Crippen molar-refractivity contribution in [1.82, 2.24) is 10.2 Å². The molecular weight excluding hydrogens is 263 g/mol. The Morgan fingerprint density at radius 1 is 1.25 bits per heavy atom. The molecule has 2 amide bonds. The molecule has 0 unspecified atom stereocenters. The van der Waals surface area contributed by atoms with Crippen LogP contribution < -0.4 is 10.1 Å². The first-order valence-electron chi connectivity index (χ1n) is 6.66. The third-order valence-electron chi connectivity index (χ3n) is 3.62. The molecule has 106 valence electrons. The minimum absolute atomic E-state index is 0.103. The predicted octanol–water partition coefficient (Wildman–Crippen LogP) is 0.694. The topological polar surface area (TPSA) is 58.6 Å². The summed E-state index contributed by atoms with van der Waals surface area (Å²) in [5.41, 5.74) is 0. The Labute approximate surface area is 115 Å². The third-order valence-corrected chi connectivity index (χ3v) is 3.62. The Kier molecular flexibility index (Phi) is 3.30. The maximum Gasteiger partial charge on any atom is 0.264 e. The Balaban J connectivity index is 1.66. The average molecular weight is 278 g/mol. The molecule has 0 bridgehead atoms. The van der Waals surface area contributed by atoms with Crippen LogP contribution >= 0.6 is 0 Å². The molecule has 2 saturated heterocycles. The normalized spacial score (nSPS) is 25.1. The van der Waals surface area contributed by atoms with Gasteiger partial charge in [0.15, 0.2) is 6.04 Å². The van der Waals surface area contributed by atoms with Gasteiger partial charge in [-0.15, -0.1) is 0 Å². The number of β-lactam (4-membered cyclic amide) rings is 1. The van der Waals surface area contributed by atoms with Crippen LogP contribution in [0, 0.1) is 5.82 Å². The number of benzene rings is 1. The standard InChI is InChI=1S/C14H15FN2O3/c15-9-3-5-10(6-4-9)20-12-11(16-13(12)18)14(19)17-7-1-2-8-17/h3-6,11-12H,1-2,7-8H2,(H,16,18)/t11-,12-/m0/s1. The molecule has 5 nitrogen and oxygen atoms in total. The van der Waals surface area contributed by atoms with Crippen LogP contribution in [0.4, 0.5) is 4.39 Å². The van der Waals surface area contributed by atoms with Crippen molar-refractivity contribution in [2.45, 2.75) is 25.0 Å². The van der Waals surface area contributed by atoms with Gasteiger partial charge in [0.2, 0.25) is 12.0 Å². The molecule has 2 fully saturated rings. The Bertz CT molecular complexity index is 526. The fourth-order valence-electron chi connectivity index (χ4n) is 2.47. The highest BCUT2D eigenvalue weighted by atomic mass is 19.1. The van der Waals surface area contributed by atoms with Crippen molar-refractivity contribution in [3.05, 3.63) is 30.1 Å². The average Bonchev–Trinajstić information content (AvgIpc) is 2.97. The Hall–Kier alpha value is -2.11. The molecule has 0 spiro atoms. The maximum atomic E-state index is 12.8. The fourth-order valence-corrected chi connectivity index (χ4v) is 2.47. The second kappa shape index (κ2) is 5.11. The minimum atomic E-state index is -0.825. The molecule has 0 aromatic heterocycles. The van der Waals surface area contributed by atoms with E-state index in [1.807, 2.05) is 0 Å². The van der Waals surface area contributed by atoms with Crippen LogP contribution in [0.1, 0.15) is 12.8 Å². The van der Waals surface area contributed by atoms with Crippen molar-refractivity contribution < 1.29 is 18.7 Å². The highest BCUT2D eigenvalue weighted by Gasteiger charge is 2.48. The van der Waals surface area contributed by atoms with Gasteiger partial charge in [0.1, 0.15) is 11.6 Å². The van der Waals surface area contributed by atoms with Crippen LogP contribution in [0.15, 0.2) is 24.3 Å². The van der Waals surface area contributed by atoms with Gasteiger partial charge in [-0.1, -0.05) is 0 Å². The van der Waals surface area contributed by atoms with Crippen molar-refractivity contribution in [3.8, 4) is 5.75 Å². The molecule has 2 aliphatic rings. The van der Waals surface area contributed by atoms with E-state index in [2.05, 4.69) is 5.32 Å². The van der Waals surface area contributed by atoms with Gasteiger partial charge >= 0.3 is 0 Å². The van der Waals surface area contributed by atoms with E-state index >= 15 is 0 Å². The number of likely N-dealkylation sites (tertiary alicyclic amines) is 1. The van der Waals surface area contributed by atoms with Crippen LogP contribution in [0.25, 0.3) is 0 Å².